The molecule has 1 heteroatoms. The average Bonchev–Trinajstić information content (AvgIpc) is 3.02. The van der Waals surface area contributed by atoms with Crippen molar-refractivity contribution in [3.8, 4) is 0 Å². The Balaban J connectivity index is 1.60. The number of aliphatic hydroxyl groups excluding tert-OH is 1. The molecule has 0 aromatic carbocycles. The van der Waals surface area contributed by atoms with Gasteiger partial charge in [-0.2, -0.15) is 0 Å². The minimum absolute atomic E-state index is 0.0785. The zero-order valence-electron chi connectivity index (χ0n) is 22.6. The maximum Gasteiger partial charge on any atom is 0.0569 e. The van der Waals surface area contributed by atoms with Crippen LogP contribution in [0, 0.1) is 39.9 Å². The van der Waals surface area contributed by atoms with Gasteiger partial charge in [0.25, 0.3) is 0 Å². The summed E-state index contributed by atoms with van der Waals surface area (Å²) in [5.41, 5.74) is 8.20. The van der Waals surface area contributed by atoms with Gasteiger partial charge < -0.3 is 5.11 Å². The summed E-state index contributed by atoms with van der Waals surface area (Å²) in [6, 6.07) is 0. The van der Waals surface area contributed by atoms with Gasteiger partial charge in [-0.1, -0.05) is 63.8 Å². The van der Waals surface area contributed by atoms with Crippen LogP contribution in [0.4, 0.5) is 0 Å². The SMILES string of the molecule is CCC(CC[C@@H](C)[C@H]1CC[C@@]2(C)C3=C(CC[C@]12C)[C@@]1(C)CC[C@H](O)[C@@H](C)[C@@H]1CC3)=C(C)C. The third-order valence-electron chi connectivity index (χ3n) is 12.1. The molecule has 4 rings (SSSR count). The number of fused-ring (bicyclic) bond motifs is 4. The first-order valence-corrected chi connectivity index (χ1v) is 14.1. The van der Waals surface area contributed by atoms with Gasteiger partial charge in [-0.25, -0.2) is 0 Å². The molecule has 0 amide bonds. The molecule has 0 heterocycles. The maximum absolute atomic E-state index is 10.6. The Morgan fingerprint density at radius 1 is 1.00 bits per heavy atom. The Morgan fingerprint density at radius 2 is 1.72 bits per heavy atom. The molecule has 0 radical (unpaired) electrons. The van der Waals surface area contributed by atoms with Crippen molar-refractivity contribution in [1.29, 1.82) is 0 Å². The zero-order chi connectivity index (χ0) is 23.5. The van der Waals surface area contributed by atoms with Gasteiger partial charge in [0, 0.05) is 0 Å². The topological polar surface area (TPSA) is 20.2 Å². The monoisotopic (exact) mass is 440 g/mol. The van der Waals surface area contributed by atoms with Gasteiger partial charge in [0.1, 0.15) is 0 Å². The molecule has 0 aromatic rings. The molecule has 0 aliphatic heterocycles. The highest BCUT2D eigenvalue weighted by Gasteiger charge is 2.62. The lowest BCUT2D eigenvalue weighted by molar-refractivity contribution is -0.0413. The molecule has 2 saturated carbocycles. The lowest BCUT2D eigenvalue weighted by Crippen LogP contribution is -2.51. The van der Waals surface area contributed by atoms with E-state index in [2.05, 4.69) is 55.4 Å². The lowest BCUT2D eigenvalue weighted by Gasteiger charge is -2.60. The molecule has 0 aromatic heterocycles. The Kier molecular flexibility index (Phi) is 6.59. The Hall–Kier alpha value is -0.560. The van der Waals surface area contributed by atoms with E-state index in [1.807, 2.05) is 11.1 Å². The van der Waals surface area contributed by atoms with E-state index >= 15 is 0 Å². The highest BCUT2D eigenvalue weighted by Crippen LogP contribution is 2.71. The fourth-order valence-electron chi connectivity index (χ4n) is 9.64. The van der Waals surface area contributed by atoms with Crippen molar-refractivity contribution in [2.75, 3.05) is 0 Å². The Morgan fingerprint density at radius 3 is 2.38 bits per heavy atom. The fourth-order valence-corrected chi connectivity index (χ4v) is 9.64. The summed E-state index contributed by atoms with van der Waals surface area (Å²) in [7, 11) is 0. The summed E-state index contributed by atoms with van der Waals surface area (Å²) >= 11 is 0. The molecule has 8 atom stereocenters. The highest BCUT2D eigenvalue weighted by molar-refractivity contribution is 5.38. The molecule has 2 fully saturated rings. The van der Waals surface area contributed by atoms with E-state index in [1.165, 1.54) is 64.2 Å². The molecule has 4 aliphatic carbocycles. The van der Waals surface area contributed by atoms with Crippen LogP contribution in [0.3, 0.4) is 0 Å². The number of aliphatic hydroxyl groups is 1. The molecule has 182 valence electrons. The summed E-state index contributed by atoms with van der Waals surface area (Å²) in [6.45, 7) is 19.8. The minimum Gasteiger partial charge on any atom is -0.393 e. The molecule has 1 N–H and O–H groups in total. The van der Waals surface area contributed by atoms with Crippen LogP contribution < -0.4 is 0 Å². The van der Waals surface area contributed by atoms with Gasteiger partial charge in [-0.15, -0.1) is 0 Å². The van der Waals surface area contributed by atoms with Crippen LogP contribution in [0.1, 0.15) is 126 Å². The molecule has 0 saturated heterocycles. The van der Waals surface area contributed by atoms with Crippen LogP contribution in [0.15, 0.2) is 22.3 Å². The third kappa shape index (κ3) is 3.50. The van der Waals surface area contributed by atoms with Crippen LogP contribution in [0.5, 0.6) is 0 Å². The summed E-state index contributed by atoms with van der Waals surface area (Å²) in [5.74, 6) is 2.84. The first-order valence-electron chi connectivity index (χ1n) is 14.1. The first kappa shape index (κ1) is 24.6. The first-order chi connectivity index (χ1) is 15.0. The van der Waals surface area contributed by atoms with Crippen molar-refractivity contribution in [2.24, 2.45) is 39.9 Å². The number of allylic oxidation sites excluding steroid dienone is 4. The molecule has 32 heavy (non-hydrogen) atoms. The molecular weight excluding hydrogens is 388 g/mol. The number of hydrogen-bond acceptors (Lipinski definition) is 1. The van der Waals surface area contributed by atoms with Crippen LogP contribution in [-0.2, 0) is 0 Å². The smallest absolute Gasteiger partial charge is 0.0569 e. The lowest BCUT2D eigenvalue weighted by atomic mass is 9.45. The van der Waals surface area contributed by atoms with Crippen molar-refractivity contribution in [2.45, 2.75) is 132 Å². The molecule has 0 spiro atoms. The van der Waals surface area contributed by atoms with Crippen LogP contribution in [-0.4, -0.2) is 11.2 Å². The second-order valence-corrected chi connectivity index (χ2v) is 13.4. The van der Waals surface area contributed by atoms with Crippen molar-refractivity contribution >= 4 is 0 Å². The van der Waals surface area contributed by atoms with E-state index in [1.54, 1.807) is 11.1 Å². The average molecular weight is 441 g/mol. The van der Waals surface area contributed by atoms with Gasteiger partial charge in [0.15, 0.2) is 0 Å². The van der Waals surface area contributed by atoms with Gasteiger partial charge in [-0.3, -0.25) is 0 Å². The van der Waals surface area contributed by atoms with E-state index in [9.17, 15) is 5.11 Å². The maximum atomic E-state index is 10.6. The van der Waals surface area contributed by atoms with Crippen LogP contribution >= 0.6 is 0 Å². The van der Waals surface area contributed by atoms with Crippen molar-refractivity contribution in [3.05, 3.63) is 22.3 Å². The van der Waals surface area contributed by atoms with Gasteiger partial charge in [-0.05, 0) is 124 Å². The molecule has 0 bridgehead atoms. The molecular formula is C31H52O. The van der Waals surface area contributed by atoms with E-state index < -0.39 is 0 Å². The second-order valence-electron chi connectivity index (χ2n) is 13.4. The zero-order valence-corrected chi connectivity index (χ0v) is 22.6. The van der Waals surface area contributed by atoms with Crippen molar-refractivity contribution in [1.82, 2.24) is 0 Å². The summed E-state index contributed by atoms with van der Waals surface area (Å²) in [4.78, 5) is 0. The summed E-state index contributed by atoms with van der Waals surface area (Å²) < 4.78 is 0. The van der Waals surface area contributed by atoms with Crippen LogP contribution in [0.25, 0.3) is 0 Å². The quantitative estimate of drug-likeness (QED) is 0.423. The predicted octanol–water partition coefficient (Wildman–Crippen LogP) is 8.87. The van der Waals surface area contributed by atoms with E-state index in [4.69, 9.17) is 0 Å². The Labute approximate surface area is 199 Å². The number of hydrogen-bond donors (Lipinski definition) is 1. The van der Waals surface area contributed by atoms with Gasteiger partial charge in [0.05, 0.1) is 6.10 Å². The highest BCUT2D eigenvalue weighted by atomic mass is 16.3. The predicted molar refractivity (Wildman–Crippen MR) is 137 cm³/mol. The van der Waals surface area contributed by atoms with E-state index in [0.29, 0.717) is 28.1 Å². The molecule has 4 aliphatic rings. The van der Waals surface area contributed by atoms with Gasteiger partial charge >= 0.3 is 0 Å². The largest absolute Gasteiger partial charge is 0.393 e. The van der Waals surface area contributed by atoms with Crippen molar-refractivity contribution in [3.63, 3.8) is 0 Å². The van der Waals surface area contributed by atoms with E-state index in [-0.39, 0.29) is 6.10 Å². The van der Waals surface area contributed by atoms with Crippen molar-refractivity contribution < 1.29 is 5.11 Å². The molecule has 1 nitrogen and oxygen atoms in total. The second kappa shape index (κ2) is 8.58. The fraction of sp³-hybridized carbons (Fsp3) is 0.871. The number of rotatable bonds is 5. The minimum atomic E-state index is -0.0785. The van der Waals surface area contributed by atoms with Crippen LogP contribution in [0.2, 0.25) is 0 Å². The molecule has 0 unspecified atom stereocenters. The van der Waals surface area contributed by atoms with E-state index in [0.717, 1.165) is 18.3 Å². The Bertz CT molecular complexity index is 784. The third-order valence-corrected chi connectivity index (χ3v) is 12.1. The normalized spacial score (nSPS) is 44.5. The summed E-state index contributed by atoms with van der Waals surface area (Å²) in [5, 5.41) is 10.6. The summed E-state index contributed by atoms with van der Waals surface area (Å²) in [6.07, 6.45) is 14.2. The van der Waals surface area contributed by atoms with Gasteiger partial charge in [0.2, 0.25) is 0 Å². The standard InChI is InChI=1S/C31H52O/c1-9-23(20(2)3)11-10-21(4)24-14-18-31(8)27-13-12-25-22(5)28(32)16-17-29(25,6)26(27)15-19-30(24,31)7/h21-22,24-25,28,32H,9-19H2,1-8H3/t21-,22+,24-,25+,28+,29+,30-,31+/m1/s1.